The number of carbonyl (C=O) groups excluding carboxylic acids is 2. The van der Waals surface area contributed by atoms with Crippen LogP contribution in [0, 0.1) is 5.41 Å². The normalized spacial score (nSPS) is 15.4. The van der Waals surface area contributed by atoms with E-state index in [9.17, 15) is 9.59 Å². The third-order valence-electron chi connectivity index (χ3n) is 4.03. The molecule has 0 saturated heterocycles. The molecule has 1 aliphatic rings. The summed E-state index contributed by atoms with van der Waals surface area (Å²) in [6.07, 6.45) is 3.50. The summed E-state index contributed by atoms with van der Waals surface area (Å²) in [5.74, 6) is -1.14. The number of fused-ring (bicyclic) bond motifs is 3. The minimum atomic E-state index is -1.36. The second kappa shape index (κ2) is 5.81. The molecule has 0 radical (unpaired) electrons. The molecular weight excluding hydrogens is 322 g/mol. The second-order valence-electron chi connectivity index (χ2n) is 5.35. The summed E-state index contributed by atoms with van der Waals surface area (Å²) in [6.45, 7) is 3.80. The van der Waals surface area contributed by atoms with Crippen molar-refractivity contribution in [2.45, 2.75) is 26.7 Å². The Bertz CT molecular complexity index is 768. The van der Waals surface area contributed by atoms with E-state index in [4.69, 9.17) is 21.1 Å². The summed E-state index contributed by atoms with van der Waals surface area (Å²) in [4.78, 5) is 28.9. The molecule has 2 aromatic rings. The highest BCUT2D eigenvalue weighted by molar-refractivity contribution is 6.32. The molecule has 0 N–H and O–H groups in total. The molecule has 0 bridgehead atoms. The number of ether oxygens (including phenoxy) is 2. The number of aromatic nitrogens is 3. The molecule has 7 nitrogen and oxygen atoms in total. The Morgan fingerprint density at radius 2 is 1.91 bits per heavy atom. The van der Waals surface area contributed by atoms with Gasteiger partial charge in [0.15, 0.2) is 10.6 Å². The van der Waals surface area contributed by atoms with Crippen molar-refractivity contribution >= 4 is 29.1 Å². The van der Waals surface area contributed by atoms with Crippen molar-refractivity contribution < 1.29 is 19.1 Å². The highest BCUT2D eigenvalue weighted by Crippen LogP contribution is 2.42. The molecule has 0 amide bonds. The van der Waals surface area contributed by atoms with Crippen LogP contribution in [-0.2, 0) is 31.9 Å². The number of nitrogens with zero attached hydrogens (tertiary/aromatic N) is 3. The smallest absolute Gasteiger partial charge is 0.324 e. The Balaban J connectivity index is 2.07. The Morgan fingerprint density at radius 3 is 2.52 bits per heavy atom. The van der Waals surface area contributed by atoms with Crippen molar-refractivity contribution in [3.8, 4) is 0 Å². The van der Waals surface area contributed by atoms with Crippen LogP contribution < -0.4 is 0 Å². The van der Waals surface area contributed by atoms with Crippen molar-refractivity contribution in [1.82, 2.24) is 14.6 Å². The van der Waals surface area contributed by atoms with Crippen LogP contribution in [0.2, 0.25) is 5.15 Å². The van der Waals surface area contributed by atoms with Crippen LogP contribution in [-0.4, -0.2) is 39.8 Å². The molecule has 0 unspecified atom stereocenters. The first-order valence-electron chi connectivity index (χ1n) is 7.37. The molecular formula is C15H16ClN3O4. The number of hydrogen-bond donors (Lipinski definition) is 0. The molecule has 2 aromatic heterocycles. The Morgan fingerprint density at radius 1 is 1.26 bits per heavy atom. The third kappa shape index (κ3) is 2.35. The van der Waals surface area contributed by atoms with E-state index in [0.29, 0.717) is 5.52 Å². The van der Waals surface area contributed by atoms with Gasteiger partial charge in [-0.25, -0.2) is 9.50 Å². The topological polar surface area (TPSA) is 82.8 Å². The van der Waals surface area contributed by atoms with E-state index in [2.05, 4.69) is 10.1 Å². The van der Waals surface area contributed by atoms with Gasteiger partial charge in [0, 0.05) is 19.0 Å². The molecule has 8 heteroatoms. The van der Waals surface area contributed by atoms with Crippen LogP contribution in [0.25, 0.3) is 5.52 Å². The van der Waals surface area contributed by atoms with Gasteiger partial charge in [0.05, 0.1) is 13.2 Å². The monoisotopic (exact) mass is 337 g/mol. The summed E-state index contributed by atoms with van der Waals surface area (Å²) < 4.78 is 11.9. The number of rotatable bonds is 4. The number of halogens is 1. The van der Waals surface area contributed by atoms with Crippen molar-refractivity contribution in [2.75, 3.05) is 13.2 Å². The van der Waals surface area contributed by atoms with E-state index < -0.39 is 17.4 Å². The quantitative estimate of drug-likeness (QED) is 0.622. The van der Waals surface area contributed by atoms with Gasteiger partial charge in [-0.2, -0.15) is 5.10 Å². The minimum absolute atomic E-state index is 0.170. The fourth-order valence-electron chi connectivity index (χ4n) is 3.03. The highest BCUT2D eigenvalue weighted by atomic mass is 35.5. The number of hydrogen-bond acceptors (Lipinski definition) is 6. The van der Waals surface area contributed by atoms with Gasteiger partial charge in [0.2, 0.25) is 0 Å². The first-order chi connectivity index (χ1) is 11.0. The van der Waals surface area contributed by atoms with E-state index in [0.717, 1.165) is 11.1 Å². The average Bonchev–Trinajstić information content (AvgIpc) is 3.03. The van der Waals surface area contributed by atoms with E-state index in [-0.39, 0.29) is 31.2 Å². The lowest BCUT2D eigenvalue weighted by molar-refractivity contribution is -0.171. The molecule has 0 spiro atoms. The van der Waals surface area contributed by atoms with Gasteiger partial charge in [-0.15, -0.1) is 0 Å². The van der Waals surface area contributed by atoms with E-state index in [1.807, 2.05) is 0 Å². The molecule has 3 rings (SSSR count). The summed E-state index contributed by atoms with van der Waals surface area (Å²) in [7, 11) is 0. The van der Waals surface area contributed by atoms with Gasteiger partial charge in [-0.05, 0) is 25.0 Å². The van der Waals surface area contributed by atoms with Gasteiger partial charge >= 0.3 is 11.9 Å². The molecule has 0 saturated carbocycles. The Labute approximate surface area is 137 Å². The van der Waals surface area contributed by atoms with Gasteiger partial charge in [-0.1, -0.05) is 11.6 Å². The van der Waals surface area contributed by atoms with Crippen molar-refractivity contribution in [3.63, 3.8) is 0 Å². The lowest BCUT2D eigenvalue weighted by Gasteiger charge is -2.24. The zero-order chi connectivity index (χ0) is 16.6. The van der Waals surface area contributed by atoms with Crippen molar-refractivity contribution in [3.05, 3.63) is 28.8 Å². The minimum Gasteiger partial charge on any atom is -0.465 e. The SMILES string of the molecule is CCOC(=O)C1(C(=O)OCC)Cc2cn3ncnc(Cl)c3c2C1. The zero-order valence-electron chi connectivity index (χ0n) is 12.8. The Hall–Kier alpha value is -2.15. The molecule has 0 aliphatic heterocycles. The predicted octanol–water partition coefficient (Wildman–Crippen LogP) is 1.59. The number of carbonyl (C=O) groups is 2. The molecule has 23 heavy (non-hydrogen) atoms. The molecule has 122 valence electrons. The van der Waals surface area contributed by atoms with Gasteiger partial charge in [0.1, 0.15) is 11.8 Å². The van der Waals surface area contributed by atoms with Crippen molar-refractivity contribution in [1.29, 1.82) is 0 Å². The lowest BCUT2D eigenvalue weighted by atomic mass is 9.84. The fourth-order valence-corrected chi connectivity index (χ4v) is 3.28. The predicted molar refractivity (Wildman–Crippen MR) is 81.1 cm³/mol. The fraction of sp³-hybridized carbons (Fsp3) is 0.467. The van der Waals surface area contributed by atoms with Crippen LogP contribution in [0.3, 0.4) is 0 Å². The maximum atomic E-state index is 12.5. The summed E-state index contributed by atoms with van der Waals surface area (Å²) in [6, 6.07) is 0. The largest absolute Gasteiger partial charge is 0.465 e. The standard InChI is InChI=1S/C15H16ClN3O4/c1-3-22-13(20)15(14(21)23-4-2)5-9-7-19-11(10(9)6-15)12(16)17-8-18-19/h7-8H,3-6H2,1-2H3. The van der Waals surface area contributed by atoms with Crippen LogP contribution >= 0.6 is 11.6 Å². The lowest BCUT2D eigenvalue weighted by Crippen LogP contribution is -2.43. The van der Waals surface area contributed by atoms with Crippen molar-refractivity contribution in [2.24, 2.45) is 5.41 Å². The maximum absolute atomic E-state index is 12.5. The second-order valence-corrected chi connectivity index (χ2v) is 5.71. The molecule has 0 atom stereocenters. The molecule has 1 aliphatic carbocycles. The summed E-state index contributed by atoms with van der Waals surface area (Å²) in [5.41, 5.74) is 0.870. The van der Waals surface area contributed by atoms with Crippen LogP contribution in [0.4, 0.5) is 0 Å². The van der Waals surface area contributed by atoms with E-state index in [1.54, 1.807) is 24.6 Å². The molecule has 0 aromatic carbocycles. The van der Waals surface area contributed by atoms with Gasteiger partial charge in [0.25, 0.3) is 0 Å². The Kier molecular flexibility index (Phi) is 3.97. The zero-order valence-corrected chi connectivity index (χ0v) is 13.6. The summed E-state index contributed by atoms with van der Waals surface area (Å²) >= 11 is 6.15. The number of esters is 2. The van der Waals surface area contributed by atoms with Gasteiger partial charge in [-0.3, -0.25) is 9.59 Å². The summed E-state index contributed by atoms with van der Waals surface area (Å²) in [5, 5.41) is 4.39. The third-order valence-corrected chi connectivity index (χ3v) is 4.30. The van der Waals surface area contributed by atoms with Gasteiger partial charge < -0.3 is 9.47 Å². The molecule has 2 heterocycles. The van der Waals surface area contributed by atoms with E-state index in [1.165, 1.54) is 6.33 Å². The first kappa shape index (κ1) is 15.7. The molecule has 0 fully saturated rings. The average molecular weight is 338 g/mol. The van der Waals surface area contributed by atoms with E-state index >= 15 is 0 Å². The van der Waals surface area contributed by atoms with Crippen LogP contribution in [0.1, 0.15) is 25.0 Å². The maximum Gasteiger partial charge on any atom is 0.324 e. The van der Waals surface area contributed by atoms with Crippen LogP contribution in [0.15, 0.2) is 12.5 Å². The first-order valence-corrected chi connectivity index (χ1v) is 7.75. The van der Waals surface area contributed by atoms with Crippen LogP contribution in [0.5, 0.6) is 0 Å². The highest BCUT2D eigenvalue weighted by Gasteiger charge is 2.54.